The zero-order chi connectivity index (χ0) is 8.77. The molecule has 0 aromatic heterocycles. The second-order valence-electron chi connectivity index (χ2n) is 3.48. The first kappa shape index (κ1) is 8.04. The van der Waals surface area contributed by atoms with Gasteiger partial charge in [0.25, 0.3) is 0 Å². The van der Waals surface area contributed by atoms with E-state index in [4.69, 9.17) is 0 Å². The summed E-state index contributed by atoms with van der Waals surface area (Å²) in [7, 11) is -3.29. The molecule has 0 radical (unpaired) electrons. The Bertz CT molecular complexity index is 301. The van der Waals surface area contributed by atoms with Crippen molar-refractivity contribution in [3.63, 3.8) is 0 Å². The van der Waals surface area contributed by atoms with Crippen LogP contribution in [0.5, 0.6) is 0 Å². The fourth-order valence-corrected chi connectivity index (χ4v) is 2.40. The van der Waals surface area contributed by atoms with Crippen LogP contribution in [0.4, 0.5) is 0 Å². The number of sulfonamides is 1. The first-order valence-corrected chi connectivity index (χ1v) is 5.70. The predicted octanol–water partition coefficient (Wildman–Crippen LogP) is 0.00480. The van der Waals surface area contributed by atoms with Gasteiger partial charge in [0.1, 0.15) is 0 Å². The van der Waals surface area contributed by atoms with Crippen LogP contribution < -0.4 is 4.72 Å². The highest BCUT2D eigenvalue weighted by Gasteiger charge is 2.39. The van der Waals surface area contributed by atoms with E-state index in [9.17, 15) is 13.2 Å². The van der Waals surface area contributed by atoms with E-state index in [1.807, 2.05) is 0 Å². The van der Waals surface area contributed by atoms with Crippen molar-refractivity contribution < 1.29 is 13.2 Å². The Morgan fingerprint density at radius 1 is 1.17 bits per heavy atom. The Balaban J connectivity index is 1.96. The van der Waals surface area contributed by atoms with Crippen molar-refractivity contribution in [3.8, 4) is 0 Å². The molecule has 2 fully saturated rings. The number of carbonyl (C=O) groups excluding carboxylic acids is 1. The minimum absolute atomic E-state index is 0.0291. The van der Waals surface area contributed by atoms with E-state index in [1.54, 1.807) is 0 Å². The molecule has 68 valence electrons. The van der Waals surface area contributed by atoms with Gasteiger partial charge in [-0.15, -0.1) is 0 Å². The third-order valence-electron chi connectivity index (χ3n) is 2.15. The summed E-state index contributed by atoms with van der Waals surface area (Å²) in [5.41, 5.74) is 0. The second-order valence-corrected chi connectivity index (χ2v) is 5.45. The molecule has 0 aromatic carbocycles. The molecule has 0 aromatic rings. The Labute approximate surface area is 71.4 Å². The van der Waals surface area contributed by atoms with Crippen LogP contribution in [0.25, 0.3) is 0 Å². The lowest BCUT2D eigenvalue weighted by molar-refractivity contribution is -0.120. The molecule has 5 heteroatoms. The maximum Gasteiger partial charge on any atom is 0.237 e. The fourth-order valence-electron chi connectivity index (χ4n) is 1.03. The molecule has 2 rings (SSSR count). The summed E-state index contributed by atoms with van der Waals surface area (Å²) in [5, 5.41) is -0.291. The van der Waals surface area contributed by atoms with E-state index in [2.05, 4.69) is 4.72 Å². The number of nitrogens with one attached hydrogen (secondary N) is 1. The van der Waals surface area contributed by atoms with Crippen LogP contribution in [0.2, 0.25) is 0 Å². The molecule has 2 aliphatic carbocycles. The molecule has 0 unspecified atom stereocenters. The first-order valence-electron chi connectivity index (χ1n) is 4.15. The summed E-state index contributed by atoms with van der Waals surface area (Å²) < 4.78 is 24.5. The number of rotatable bonds is 3. The maximum absolute atomic E-state index is 11.2. The average molecular weight is 189 g/mol. The van der Waals surface area contributed by atoms with Gasteiger partial charge < -0.3 is 0 Å². The van der Waals surface area contributed by atoms with Crippen LogP contribution in [0, 0.1) is 5.92 Å². The maximum atomic E-state index is 11.2. The third-order valence-corrected chi connectivity index (χ3v) is 3.99. The number of hydrogen-bond donors (Lipinski definition) is 1. The molecule has 0 atom stereocenters. The largest absolute Gasteiger partial charge is 0.274 e. The van der Waals surface area contributed by atoms with Gasteiger partial charge in [0.2, 0.25) is 15.9 Å². The minimum atomic E-state index is -3.29. The van der Waals surface area contributed by atoms with Crippen molar-refractivity contribution in [3.05, 3.63) is 0 Å². The minimum Gasteiger partial charge on any atom is -0.274 e. The van der Waals surface area contributed by atoms with Crippen molar-refractivity contribution in [2.45, 2.75) is 30.9 Å². The van der Waals surface area contributed by atoms with E-state index in [0.29, 0.717) is 12.8 Å². The third kappa shape index (κ3) is 1.60. The summed E-state index contributed by atoms with van der Waals surface area (Å²) in [6, 6.07) is 0. The number of carbonyl (C=O) groups is 1. The first-order chi connectivity index (χ1) is 5.59. The van der Waals surface area contributed by atoms with Crippen molar-refractivity contribution in [1.82, 2.24) is 4.72 Å². The molecule has 0 saturated heterocycles. The lowest BCUT2D eigenvalue weighted by Crippen LogP contribution is -2.34. The summed E-state index contributed by atoms with van der Waals surface area (Å²) in [4.78, 5) is 11.1. The monoisotopic (exact) mass is 189 g/mol. The Morgan fingerprint density at radius 3 is 2.17 bits per heavy atom. The lowest BCUT2D eigenvalue weighted by atomic mass is 10.4. The highest BCUT2D eigenvalue weighted by molar-refractivity contribution is 7.90. The predicted molar refractivity (Wildman–Crippen MR) is 42.8 cm³/mol. The van der Waals surface area contributed by atoms with Crippen LogP contribution in [0.15, 0.2) is 0 Å². The van der Waals surface area contributed by atoms with Crippen molar-refractivity contribution >= 4 is 15.9 Å². The van der Waals surface area contributed by atoms with Gasteiger partial charge in [-0.1, -0.05) is 0 Å². The van der Waals surface area contributed by atoms with Gasteiger partial charge in [-0.05, 0) is 25.7 Å². The van der Waals surface area contributed by atoms with Crippen LogP contribution in [0.1, 0.15) is 25.7 Å². The zero-order valence-electron chi connectivity index (χ0n) is 6.62. The molecule has 0 heterocycles. The normalized spacial score (nSPS) is 23.7. The fraction of sp³-hybridized carbons (Fsp3) is 0.857. The molecule has 0 aliphatic heterocycles. The quantitative estimate of drug-likeness (QED) is 0.680. The molecule has 1 amide bonds. The SMILES string of the molecule is O=C(NS(=O)(=O)C1CC1)C1CC1. The van der Waals surface area contributed by atoms with Crippen LogP contribution in [-0.2, 0) is 14.8 Å². The van der Waals surface area contributed by atoms with Gasteiger partial charge in [0, 0.05) is 5.92 Å². The second kappa shape index (κ2) is 2.45. The van der Waals surface area contributed by atoms with Gasteiger partial charge in [-0.3, -0.25) is 9.52 Å². The Kier molecular flexibility index (Phi) is 1.64. The van der Waals surface area contributed by atoms with E-state index in [0.717, 1.165) is 12.8 Å². The standard InChI is InChI=1S/C7H11NO3S/c9-7(5-1-2-5)8-12(10,11)6-3-4-6/h5-6H,1-4H2,(H,8,9). The molecule has 1 N–H and O–H groups in total. The number of amides is 1. The van der Waals surface area contributed by atoms with E-state index in [1.165, 1.54) is 0 Å². The Morgan fingerprint density at radius 2 is 1.75 bits per heavy atom. The summed E-state index contributed by atoms with van der Waals surface area (Å²) in [6.45, 7) is 0. The highest BCUT2D eigenvalue weighted by atomic mass is 32.2. The van der Waals surface area contributed by atoms with Crippen LogP contribution in [-0.4, -0.2) is 19.6 Å². The van der Waals surface area contributed by atoms with E-state index in [-0.39, 0.29) is 17.1 Å². The number of hydrogen-bond acceptors (Lipinski definition) is 3. The summed E-state index contributed by atoms with van der Waals surface area (Å²) in [5.74, 6) is -0.333. The highest BCUT2D eigenvalue weighted by Crippen LogP contribution is 2.31. The molecule has 2 aliphatic rings. The van der Waals surface area contributed by atoms with Crippen molar-refractivity contribution in [1.29, 1.82) is 0 Å². The summed E-state index contributed by atoms with van der Waals surface area (Å²) in [6.07, 6.45) is 3.08. The molecular weight excluding hydrogens is 178 g/mol. The van der Waals surface area contributed by atoms with Crippen LogP contribution in [0.3, 0.4) is 0 Å². The molecule has 4 nitrogen and oxygen atoms in total. The van der Waals surface area contributed by atoms with Crippen LogP contribution >= 0.6 is 0 Å². The molecule has 0 bridgehead atoms. The molecule has 12 heavy (non-hydrogen) atoms. The van der Waals surface area contributed by atoms with Crippen molar-refractivity contribution in [2.75, 3.05) is 0 Å². The van der Waals surface area contributed by atoms with Gasteiger partial charge in [0.15, 0.2) is 0 Å². The van der Waals surface area contributed by atoms with Crippen molar-refractivity contribution in [2.24, 2.45) is 5.92 Å². The summed E-state index contributed by atoms with van der Waals surface area (Å²) >= 11 is 0. The molecule has 2 saturated carbocycles. The zero-order valence-corrected chi connectivity index (χ0v) is 7.43. The molecule has 0 spiro atoms. The molecular formula is C7H11NO3S. The van der Waals surface area contributed by atoms with Gasteiger partial charge in [0.05, 0.1) is 5.25 Å². The Hall–Kier alpha value is -0.580. The average Bonchev–Trinajstić information content (AvgIpc) is 2.83. The lowest BCUT2D eigenvalue weighted by Gasteiger charge is -2.03. The van der Waals surface area contributed by atoms with Gasteiger partial charge >= 0.3 is 0 Å². The van der Waals surface area contributed by atoms with Gasteiger partial charge in [-0.25, -0.2) is 8.42 Å². The van der Waals surface area contributed by atoms with Gasteiger partial charge in [-0.2, -0.15) is 0 Å². The topological polar surface area (TPSA) is 63.2 Å². The van der Waals surface area contributed by atoms with E-state index < -0.39 is 10.0 Å². The smallest absolute Gasteiger partial charge is 0.237 e. The van der Waals surface area contributed by atoms with E-state index >= 15 is 0 Å².